The van der Waals surface area contributed by atoms with E-state index in [0.29, 0.717) is 0 Å². The van der Waals surface area contributed by atoms with Gasteiger partial charge in [0.2, 0.25) is 0 Å². The quantitative estimate of drug-likeness (QED) is 0.752. The van der Waals surface area contributed by atoms with E-state index in [-0.39, 0.29) is 0 Å². The summed E-state index contributed by atoms with van der Waals surface area (Å²) in [6, 6.07) is 8.37. The van der Waals surface area contributed by atoms with Crippen LogP contribution in [0.1, 0.15) is 5.56 Å². The van der Waals surface area contributed by atoms with E-state index >= 15 is 0 Å². The predicted molar refractivity (Wildman–Crippen MR) is 60.0 cm³/mol. The van der Waals surface area contributed by atoms with Crippen LogP contribution in [0.4, 0.5) is 0 Å². The Morgan fingerprint density at radius 2 is 2.23 bits per heavy atom. The molecule has 13 heavy (non-hydrogen) atoms. The number of hydrogen-bond acceptors (Lipinski definition) is 2. The standard InChI is InChI=1S/C10H8BrNS/c1-7-3-2-4-8(5-7)10-12-6-9(11)13-10/h2-6H,1H3. The molecule has 1 aromatic carbocycles. The molecular formula is C10H8BrNS. The van der Waals surface area contributed by atoms with E-state index in [1.54, 1.807) is 11.3 Å². The van der Waals surface area contributed by atoms with Crippen LogP contribution in [0.5, 0.6) is 0 Å². The number of aromatic nitrogens is 1. The van der Waals surface area contributed by atoms with Crippen LogP contribution in [0.3, 0.4) is 0 Å². The number of halogens is 1. The van der Waals surface area contributed by atoms with Gasteiger partial charge in [0.05, 0.1) is 9.98 Å². The summed E-state index contributed by atoms with van der Waals surface area (Å²) >= 11 is 5.06. The minimum Gasteiger partial charge on any atom is -0.243 e. The van der Waals surface area contributed by atoms with Crippen molar-refractivity contribution >= 4 is 27.3 Å². The summed E-state index contributed by atoms with van der Waals surface area (Å²) in [5, 5.41) is 1.07. The van der Waals surface area contributed by atoms with Crippen LogP contribution in [-0.4, -0.2) is 4.98 Å². The van der Waals surface area contributed by atoms with Crippen LogP contribution in [0.15, 0.2) is 34.2 Å². The lowest BCUT2D eigenvalue weighted by molar-refractivity contribution is 1.39. The van der Waals surface area contributed by atoms with E-state index < -0.39 is 0 Å². The van der Waals surface area contributed by atoms with Crippen molar-refractivity contribution in [1.82, 2.24) is 4.98 Å². The molecule has 1 heterocycles. The highest BCUT2D eigenvalue weighted by molar-refractivity contribution is 9.11. The third kappa shape index (κ3) is 1.98. The Morgan fingerprint density at radius 1 is 1.38 bits per heavy atom. The summed E-state index contributed by atoms with van der Waals surface area (Å²) in [5.41, 5.74) is 2.46. The summed E-state index contributed by atoms with van der Waals surface area (Å²) in [6.07, 6.45) is 1.84. The molecule has 0 spiro atoms. The molecule has 0 N–H and O–H groups in total. The highest BCUT2D eigenvalue weighted by Gasteiger charge is 2.01. The van der Waals surface area contributed by atoms with Crippen LogP contribution in [0.2, 0.25) is 0 Å². The minimum atomic E-state index is 1.07. The second-order valence-corrected chi connectivity index (χ2v) is 5.25. The Balaban J connectivity index is 2.46. The van der Waals surface area contributed by atoms with Crippen LogP contribution < -0.4 is 0 Å². The molecule has 0 atom stereocenters. The zero-order chi connectivity index (χ0) is 9.26. The van der Waals surface area contributed by atoms with Gasteiger partial charge in [-0.05, 0) is 28.9 Å². The normalized spacial score (nSPS) is 10.3. The van der Waals surface area contributed by atoms with E-state index in [9.17, 15) is 0 Å². The third-order valence-electron chi connectivity index (χ3n) is 1.74. The van der Waals surface area contributed by atoms with E-state index in [4.69, 9.17) is 0 Å². The second-order valence-electron chi connectivity index (χ2n) is 2.84. The van der Waals surface area contributed by atoms with Gasteiger partial charge in [-0.3, -0.25) is 0 Å². The monoisotopic (exact) mass is 253 g/mol. The third-order valence-corrected chi connectivity index (χ3v) is 3.27. The molecule has 0 fully saturated rings. The minimum absolute atomic E-state index is 1.07. The summed E-state index contributed by atoms with van der Waals surface area (Å²) < 4.78 is 1.07. The average Bonchev–Trinajstić information content (AvgIpc) is 2.52. The second kappa shape index (κ2) is 3.60. The first-order chi connectivity index (χ1) is 6.25. The Hall–Kier alpha value is -0.670. The molecule has 0 radical (unpaired) electrons. The molecule has 3 heteroatoms. The molecule has 0 unspecified atom stereocenters. The van der Waals surface area contributed by atoms with E-state index in [1.165, 1.54) is 11.1 Å². The SMILES string of the molecule is Cc1cccc(-c2ncc(Br)s2)c1. The highest BCUT2D eigenvalue weighted by Crippen LogP contribution is 2.28. The summed E-state index contributed by atoms with van der Waals surface area (Å²) in [4.78, 5) is 4.30. The molecule has 1 nitrogen and oxygen atoms in total. The summed E-state index contributed by atoms with van der Waals surface area (Å²) in [5.74, 6) is 0. The van der Waals surface area contributed by atoms with Crippen molar-refractivity contribution in [3.8, 4) is 10.6 Å². The van der Waals surface area contributed by atoms with E-state index in [0.717, 1.165) is 8.79 Å². The maximum Gasteiger partial charge on any atom is 0.124 e. The fourth-order valence-electron chi connectivity index (χ4n) is 1.17. The Morgan fingerprint density at radius 3 is 2.85 bits per heavy atom. The van der Waals surface area contributed by atoms with Gasteiger partial charge in [0.1, 0.15) is 5.01 Å². The highest BCUT2D eigenvalue weighted by atomic mass is 79.9. The van der Waals surface area contributed by atoms with Crippen molar-refractivity contribution in [2.45, 2.75) is 6.92 Å². The van der Waals surface area contributed by atoms with Crippen LogP contribution in [-0.2, 0) is 0 Å². The molecule has 2 aromatic rings. The molecule has 0 amide bonds. The fraction of sp³-hybridized carbons (Fsp3) is 0.100. The topological polar surface area (TPSA) is 12.9 Å². The van der Waals surface area contributed by atoms with Gasteiger partial charge in [-0.1, -0.05) is 23.8 Å². The molecule has 0 aliphatic heterocycles. The van der Waals surface area contributed by atoms with Gasteiger partial charge >= 0.3 is 0 Å². The zero-order valence-corrected chi connectivity index (χ0v) is 9.52. The van der Waals surface area contributed by atoms with E-state index in [1.807, 2.05) is 6.20 Å². The van der Waals surface area contributed by atoms with Gasteiger partial charge in [0.15, 0.2) is 0 Å². The van der Waals surface area contributed by atoms with Crippen molar-refractivity contribution in [2.75, 3.05) is 0 Å². The molecule has 2 rings (SSSR count). The summed E-state index contributed by atoms with van der Waals surface area (Å²) in [7, 11) is 0. The Labute approximate surface area is 89.6 Å². The molecule has 0 aliphatic carbocycles. The van der Waals surface area contributed by atoms with Crippen molar-refractivity contribution < 1.29 is 0 Å². The predicted octanol–water partition coefficient (Wildman–Crippen LogP) is 3.88. The molecular weight excluding hydrogens is 246 g/mol. The van der Waals surface area contributed by atoms with Gasteiger partial charge in [-0.2, -0.15) is 0 Å². The lowest BCUT2D eigenvalue weighted by atomic mass is 10.1. The van der Waals surface area contributed by atoms with Crippen molar-refractivity contribution in [3.05, 3.63) is 39.8 Å². The average molecular weight is 254 g/mol. The molecule has 1 aromatic heterocycles. The molecule has 0 aliphatic rings. The number of rotatable bonds is 1. The molecule has 66 valence electrons. The first kappa shape index (κ1) is 8.91. The van der Waals surface area contributed by atoms with Crippen LogP contribution in [0, 0.1) is 6.92 Å². The van der Waals surface area contributed by atoms with Crippen molar-refractivity contribution in [2.24, 2.45) is 0 Å². The maximum atomic E-state index is 4.30. The number of thiazole rings is 1. The maximum absolute atomic E-state index is 4.30. The first-order valence-electron chi connectivity index (χ1n) is 3.94. The molecule has 0 saturated carbocycles. The number of nitrogens with zero attached hydrogens (tertiary/aromatic N) is 1. The largest absolute Gasteiger partial charge is 0.243 e. The van der Waals surface area contributed by atoms with Gasteiger partial charge in [0.25, 0.3) is 0 Å². The Kier molecular flexibility index (Phi) is 2.47. The van der Waals surface area contributed by atoms with Gasteiger partial charge in [-0.25, -0.2) is 4.98 Å². The van der Waals surface area contributed by atoms with Crippen molar-refractivity contribution in [1.29, 1.82) is 0 Å². The first-order valence-corrected chi connectivity index (χ1v) is 5.55. The van der Waals surface area contributed by atoms with Gasteiger partial charge in [0, 0.05) is 5.56 Å². The molecule has 0 saturated heterocycles. The fourth-order valence-corrected chi connectivity index (χ4v) is 2.37. The zero-order valence-electron chi connectivity index (χ0n) is 7.12. The molecule has 0 bridgehead atoms. The van der Waals surface area contributed by atoms with Gasteiger partial charge in [-0.15, -0.1) is 11.3 Å². The van der Waals surface area contributed by atoms with Crippen molar-refractivity contribution in [3.63, 3.8) is 0 Å². The van der Waals surface area contributed by atoms with Crippen LogP contribution >= 0.6 is 27.3 Å². The van der Waals surface area contributed by atoms with Crippen LogP contribution in [0.25, 0.3) is 10.6 Å². The van der Waals surface area contributed by atoms with E-state index in [2.05, 4.69) is 52.1 Å². The van der Waals surface area contributed by atoms with Gasteiger partial charge < -0.3 is 0 Å². The Bertz CT molecular complexity index is 422. The number of benzene rings is 1. The summed E-state index contributed by atoms with van der Waals surface area (Å²) in [6.45, 7) is 2.09. The number of aryl methyl sites for hydroxylation is 1. The number of hydrogen-bond donors (Lipinski definition) is 0. The lowest BCUT2D eigenvalue weighted by Gasteiger charge is -1.96. The smallest absolute Gasteiger partial charge is 0.124 e. The lowest BCUT2D eigenvalue weighted by Crippen LogP contribution is -1.76.